The topological polar surface area (TPSA) is 44.8 Å². The normalized spacial score (nSPS) is 13.5. The van der Waals surface area contributed by atoms with Gasteiger partial charge >= 0.3 is 5.97 Å². The van der Waals surface area contributed by atoms with Crippen molar-refractivity contribution in [1.29, 1.82) is 0 Å². The third kappa shape index (κ3) is 1.60. The lowest BCUT2D eigenvalue weighted by molar-refractivity contribution is 0.0584. The highest BCUT2D eigenvalue weighted by molar-refractivity contribution is 5.93. The Morgan fingerprint density at radius 3 is 2.87 bits per heavy atom. The summed E-state index contributed by atoms with van der Waals surface area (Å²) in [7, 11) is 1.19. The van der Waals surface area contributed by atoms with Crippen molar-refractivity contribution >= 4 is 5.97 Å². The first-order valence-electron chi connectivity index (χ1n) is 4.40. The third-order valence-corrected chi connectivity index (χ3v) is 2.05. The minimum atomic E-state index is -0.769. The Kier molecular flexibility index (Phi) is 2.45. The number of carbonyl (C=O) groups is 1. The second-order valence-corrected chi connectivity index (χ2v) is 2.94. The van der Waals surface area contributed by atoms with E-state index in [0.717, 1.165) is 6.07 Å². The highest BCUT2D eigenvalue weighted by Crippen LogP contribution is 2.35. The summed E-state index contributed by atoms with van der Waals surface area (Å²) in [5, 5.41) is 0. The first kappa shape index (κ1) is 9.76. The van der Waals surface area contributed by atoms with Crippen LogP contribution in [0, 0.1) is 5.82 Å². The molecule has 1 heterocycles. The zero-order valence-corrected chi connectivity index (χ0v) is 8.08. The van der Waals surface area contributed by atoms with Gasteiger partial charge in [-0.3, -0.25) is 0 Å². The molecule has 1 aromatic carbocycles. The SMILES string of the molecule is COC(=O)c1c(F)ccc2c1OCCO2. The van der Waals surface area contributed by atoms with Crippen molar-refractivity contribution in [3.8, 4) is 11.5 Å². The molecule has 5 heteroatoms. The third-order valence-electron chi connectivity index (χ3n) is 2.05. The molecule has 0 spiro atoms. The molecule has 1 aromatic rings. The van der Waals surface area contributed by atoms with Crippen molar-refractivity contribution < 1.29 is 23.4 Å². The van der Waals surface area contributed by atoms with Crippen LogP contribution < -0.4 is 9.47 Å². The van der Waals surface area contributed by atoms with Crippen LogP contribution in [0.4, 0.5) is 4.39 Å². The number of esters is 1. The summed E-state index contributed by atoms with van der Waals surface area (Å²) >= 11 is 0. The highest BCUT2D eigenvalue weighted by atomic mass is 19.1. The number of benzene rings is 1. The lowest BCUT2D eigenvalue weighted by atomic mass is 10.1. The molecular formula is C10H9FO4. The van der Waals surface area contributed by atoms with Crippen LogP contribution in [0.3, 0.4) is 0 Å². The molecule has 0 aromatic heterocycles. The predicted molar refractivity (Wildman–Crippen MR) is 48.7 cm³/mol. The van der Waals surface area contributed by atoms with Gasteiger partial charge in [-0.15, -0.1) is 0 Å². The predicted octanol–water partition coefficient (Wildman–Crippen LogP) is 1.38. The van der Waals surface area contributed by atoms with Crippen LogP contribution in [0.15, 0.2) is 12.1 Å². The quantitative estimate of drug-likeness (QED) is 0.660. The molecule has 15 heavy (non-hydrogen) atoms. The summed E-state index contributed by atoms with van der Waals surface area (Å²) in [6, 6.07) is 2.58. The van der Waals surface area contributed by atoms with Crippen molar-refractivity contribution in [2.45, 2.75) is 0 Å². The van der Waals surface area contributed by atoms with E-state index in [1.807, 2.05) is 0 Å². The first-order valence-corrected chi connectivity index (χ1v) is 4.40. The summed E-state index contributed by atoms with van der Waals surface area (Å²) in [5.41, 5.74) is -0.213. The van der Waals surface area contributed by atoms with Crippen LogP contribution in [-0.2, 0) is 4.74 Å². The van der Waals surface area contributed by atoms with Crippen molar-refractivity contribution in [3.05, 3.63) is 23.5 Å². The Balaban J connectivity index is 2.55. The molecule has 1 aliphatic rings. The fourth-order valence-corrected chi connectivity index (χ4v) is 1.38. The van der Waals surface area contributed by atoms with Crippen molar-refractivity contribution in [1.82, 2.24) is 0 Å². The monoisotopic (exact) mass is 212 g/mol. The van der Waals surface area contributed by atoms with Gasteiger partial charge < -0.3 is 14.2 Å². The molecule has 0 aliphatic carbocycles. The van der Waals surface area contributed by atoms with Gasteiger partial charge in [-0.25, -0.2) is 9.18 Å². The second kappa shape index (κ2) is 3.76. The molecule has 80 valence electrons. The van der Waals surface area contributed by atoms with Gasteiger partial charge in [0.05, 0.1) is 7.11 Å². The van der Waals surface area contributed by atoms with E-state index >= 15 is 0 Å². The Bertz CT molecular complexity index is 403. The number of rotatable bonds is 1. The summed E-state index contributed by atoms with van der Waals surface area (Å²) in [6.45, 7) is 0.680. The molecule has 4 nitrogen and oxygen atoms in total. The molecule has 1 aliphatic heterocycles. The van der Waals surface area contributed by atoms with E-state index in [0.29, 0.717) is 19.0 Å². The second-order valence-electron chi connectivity index (χ2n) is 2.94. The van der Waals surface area contributed by atoms with E-state index in [1.54, 1.807) is 0 Å². The number of ether oxygens (including phenoxy) is 3. The fourth-order valence-electron chi connectivity index (χ4n) is 1.38. The zero-order chi connectivity index (χ0) is 10.8. The first-order chi connectivity index (χ1) is 7.24. The molecule has 0 bridgehead atoms. The standard InChI is InChI=1S/C10H9FO4/c1-13-10(12)8-6(11)2-3-7-9(8)15-5-4-14-7/h2-3H,4-5H2,1H3. The van der Waals surface area contributed by atoms with Crippen LogP contribution >= 0.6 is 0 Å². The minimum Gasteiger partial charge on any atom is -0.486 e. The maximum atomic E-state index is 13.4. The van der Waals surface area contributed by atoms with Crippen molar-refractivity contribution in [3.63, 3.8) is 0 Å². The van der Waals surface area contributed by atoms with E-state index in [9.17, 15) is 9.18 Å². The summed E-state index contributed by atoms with van der Waals surface area (Å²) in [5.74, 6) is -0.961. The van der Waals surface area contributed by atoms with E-state index in [4.69, 9.17) is 9.47 Å². The van der Waals surface area contributed by atoms with Crippen LogP contribution in [0.5, 0.6) is 11.5 Å². The number of halogens is 1. The molecule has 0 radical (unpaired) electrons. The maximum absolute atomic E-state index is 13.4. The van der Waals surface area contributed by atoms with E-state index in [1.165, 1.54) is 13.2 Å². The minimum absolute atomic E-state index is 0.119. The zero-order valence-electron chi connectivity index (χ0n) is 8.08. The largest absolute Gasteiger partial charge is 0.486 e. The highest BCUT2D eigenvalue weighted by Gasteiger charge is 2.25. The van der Waals surface area contributed by atoms with E-state index in [-0.39, 0.29) is 11.3 Å². The van der Waals surface area contributed by atoms with E-state index in [2.05, 4.69) is 4.74 Å². The fraction of sp³-hybridized carbons (Fsp3) is 0.300. The molecule has 0 unspecified atom stereocenters. The van der Waals surface area contributed by atoms with Gasteiger partial charge in [-0.1, -0.05) is 0 Å². The molecule has 0 N–H and O–H groups in total. The number of methoxy groups -OCH3 is 1. The van der Waals surface area contributed by atoms with Crippen LogP contribution in [0.25, 0.3) is 0 Å². The van der Waals surface area contributed by atoms with Crippen molar-refractivity contribution in [2.75, 3.05) is 20.3 Å². The lowest BCUT2D eigenvalue weighted by Crippen LogP contribution is -2.19. The summed E-state index contributed by atoms with van der Waals surface area (Å²) in [6.07, 6.45) is 0. The average molecular weight is 212 g/mol. The van der Waals surface area contributed by atoms with Gasteiger partial charge in [-0.2, -0.15) is 0 Å². The van der Waals surface area contributed by atoms with E-state index < -0.39 is 11.8 Å². The van der Waals surface area contributed by atoms with Gasteiger partial charge in [0.1, 0.15) is 24.6 Å². The summed E-state index contributed by atoms with van der Waals surface area (Å²) < 4.78 is 28.3. The van der Waals surface area contributed by atoms with Gasteiger partial charge in [0, 0.05) is 0 Å². The molecule has 0 saturated heterocycles. The Labute approximate surface area is 85.6 Å². The average Bonchev–Trinajstić information content (AvgIpc) is 2.28. The van der Waals surface area contributed by atoms with Gasteiger partial charge in [0.2, 0.25) is 0 Å². The van der Waals surface area contributed by atoms with Crippen LogP contribution in [0.1, 0.15) is 10.4 Å². The Morgan fingerprint density at radius 1 is 1.40 bits per heavy atom. The molecule has 0 amide bonds. The van der Waals surface area contributed by atoms with Gasteiger partial charge in [0.25, 0.3) is 0 Å². The van der Waals surface area contributed by atoms with Crippen LogP contribution in [0.2, 0.25) is 0 Å². The molecular weight excluding hydrogens is 203 g/mol. The number of hydrogen-bond donors (Lipinski definition) is 0. The Hall–Kier alpha value is -1.78. The van der Waals surface area contributed by atoms with Gasteiger partial charge in [0.15, 0.2) is 11.5 Å². The maximum Gasteiger partial charge on any atom is 0.344 e. The Morgan fingerprint density at radius 2 is 2.13 bits per heavy atom. The molecule has 0 saturated carbocycles. The molecule has 2 rings (SSSR count). The number of fused-ring (bicyclic) bond motifs is 1. The van der Waals surface area contributed by atoms with Crippen LogP contribution in [-0.4, -0.2) is 26.3 Å². The smallest absolute Gasteiger partial charge is 0.344 e. The van der Waals surface area contributed by atoms with Crippen molar-refractivity contribution in [2.24, 2.45) is 0 Å². The molecule has 0 atom stereocenters. The number of carbonyl (C=O) groups excluding carboxylic acids is 1. The lowest BCUT2D eigenvalue weighted by Gasteiger charge is -2.20. The summed E-state index contributed by atoms with van der Waals surface area (Å²) in [4.78, 5) is 11.3. The molecule has 0 fully saturated rings. The van der Waals surface area contributed by atoms with Gasteiger partial charge in [-0.05, 0) is 12.1 Å². The number of hydrogen-bond acceptors (Lipinski definition) is 4.